The lowest BCUT2D eigenvalue weighted by molar-refractivity contribution is 0.595. The van der Waals surface area contributed by atoms with Crippen LogP contribution in [0.3, 0.4) is 0 Å². The third-order valence-corrected chi connectivity index (χ3v) is 4.87. The van der Waals surface area contributed by atoms with Gasteiger partial charge >= 0.3 is 0 Å². The van der Waals surface area contributed by atoms with Crippen molar-refractivity contribution in [3.05, 3.63) is 58.6 Å². The van der Waals surface area contributed by atoms with E-state index in [0.29, 0.717) is 16.8 Å². The second-order valence-corrected chi connectivity index (χ2v) is 6.63. The van der Waals surface area contributed by atoms with Crippen LogP contribution in [-0.4, -0.2) is 8.42 Å². The summed E-state index contributed by atoms with van der Waals surface area (Å²) in [4.78, 5) is 0.00141. The maximum absolute atomic E-state index is 12.4. The predicted octanol–water partition coefficient (Wildman–Crippen LogP) is 2.77. The molecule has 0 saturated heterocycles. The van der Waals surface area contributed by atoms with Gasteiger partial charge in [0, 0.05) is 5.69 Å². The van der Waals surface area contributed by atoms with Gasteiger partial charge in [-0.1, -0.05) is 23.7 Å². The van der Waals surface area contributed by atoms with Gasteiger partial charge in [0.25, 0.3) is 0 Å². The van der Waals surface area contributed by atoms with Crippen LogP contribution in [0.5, 0.6) is 0 Å². The van der Waals surface area contributed by atoms with Crippen LogP contribution in [0, 0.1) is 11.3 Å². The molecule has 0 saturated carbocycles. The number of benzene rings is 2. The molecule has 102 valence electrons. The van der Waals surface area contributed by atoms with Crippen molar-refractivity contribution in [2.75, 3.05) is 5.73 Å². The molecule has 0 heterocycles. The van der Waals surface area contributed by atoms with Crippen molar-refractivity contribution < 1.29 is 8.42 Å². The average Bonchev–Trinajstić information content (AvgIpc) is 2.41. The highest BCUT2D eigenvalue weighted by atomic mass is 35.5. The molecule has 0 bridgehead atoms. The Hall–Kier alpha value is -2.03. The van der Waals surface area contributed by atoms with Crippen molar-refractivity contribution in [1.82, 2.24) is 0 Å². The normalized spacial score (nSPS) is 11.0. The number of halogens is 1. The minimum atomic E-state index is -3.61. The lowest BCUT2D eigenvalue weighted by Crippen LogP contribution is -2.06. The third-order valence-electron chi connectivity index (χ3n) is 2.70. The molecule has 0 aromatic heterocycles. The van der Waals surface area contributed by atoms with Crippen LogP contribution in [0.4, 0.5) is 5.69 Å². The van der Waals surface area contributed by atoms with Crippen molar-refractivity contribution in [1.29, 1.82) is 5.26 Å². The Morgan fingerprint density at radius 3 is 2.65 bits per heavy atom. The number of nitrogen functional groups attached to an aromatic ring is 1. The molecule has 0 atom stereocenters. The van der Waals surface area contributed by atoms with Crippen molar-refractivity contribution in [2.24, 2.45) is 0 Å². The zero-order valence-electron chi connectivity index (χ0n) is 10.4. The Balaban J connectivity index is 2.41. The van der Waals surface area contributed by atoms with Crippen molar-refractivity contribution in [2.45, 2.75) is 10.6 Å². The molecule has 0 radical (unpaired) electrons. The summed E-state index contributed by atoms with van der Waals surface area (Å²) in [5.41, 5.74) is 6.87. The molecule has 20 heavy (non-hydrogen) atoms. The number of hydrogen-bond donors (Lipinski definition) is 1. The molecule has 2 rings (SSSR count). The molecule has 0 spiro atoms. The molecule has 0 unspecified atom stereocenters. The molecule has 0 fully saturated rings. The summed E-state index contributed by atoms with van der Waals surface area (Å²) >= 11 is 5.92. The molecule has 0 aliphatic carbocycles. The van der Waals surface area contributed by atoms with E-state index < -0.39 is 9.84 Å². The molecular formula is C14H11ClN2O2S. The molecule has 0 aliphatic rings. The van der Waals surface area contributed by atoms with Crippen molar-refractivity contribution >= 4 is 27.1 Å². The number of nitrogens with zero attached hydrogens (tertiary/aromatic N) is 1. The average molecular weight is 307 g/mol. The number of nitrogens with two attached hydrogens (primary N) is 1. The van der Waals surface area contributed by atoms with Crippen LogP contribution >= 0.6 is 11.6 Å². The van der Waals surface area contributed by atoms with E-state index in [1.165, 1.54) is 24.3 Å². The molecule has 2 aromatic rings. The minimum Gasteiger partial charge on any atom is -0.399 e. The third kappa shape index (κ3) is 3.10. The monoisotopic (exact) mass is 306 g/mol. The summed E-state index contributed by atoms with van der Waals surface area (Å²) in [5, 5.41) is 8.96. The smallest absolute Gasteiger partial charge is 0.184 e. The van der Waals surface area contributed by atoms with Gasteiger partial charge in [0.2, 0.25) is 0 Å². The summed E-state index contributed by atoms with van der Waals surface area (Å²) in [7, 11) is -3.61. The predicted molar refractivity (Wildman–Crippen MR) is 77.9 cm³/mol. The first kappa shape index (κ1) is 14.4. The first-order chi connectivity index (χ1) is 9.42. The fourth-order valence-corrected chi connectivity index (χ4v) is 3.71. The second-order valence-electron chi connectivity index (χ2n) is 4.26. The lowest BCUT2D eigenvalue weighted by atomic mass is 10.2. The lowest BCUT2D eigenvalue weighted by Gasteiger charge is -2.08. The first-order valence-corrected chi connectivity index (χ1v) is 7.72. The van der Waals surface area contributed by atoms with Gasteiger partial charge in [0.05, 0.1) is 27.3 Å². The fourth-order valence-electron chi connectivity index (χ4n) is 1.79. The highest BCUT2D eigenvalue weighted by Crippen LogP contribution is 2.26. The second kappa shape index (κ2) is 5.53. The Kier molecular flexibility index (Phi) is 3.98. The Bertz CT molecular complexity index is 795. The number of nitriles is 1. The largest absolute Gasteiger partial charge is 0.399 e. The van der Waals surface area contributed by atoms with E-state index in [1.54, 1.807) is 18.2 Å². The molecule has 0 amide bonds. The van der Waals surface area contributed by atoms with Gasteiger partial charge in [-0.05, 0) is 35.9 Å². The summed E-state index contributed by atoms with van der Waals surface area (Å²) in [6.07, 6.45) is 0. The summed E-state index contributed by atoms with van der Waals surface area (Å²) in [5.74, 6) is -0.230. The molecule has 6 heteroatoms. The fraction of sp³-hybridized carbons (Fsp3) is 0.0714. The van der Waals surface area contributed by atoms with E-state index in [-0.39, 0.29) is 15.7 Å². The number of anilines is 1. The topological polar surface area (TPSA) is 84.0 Å². The summed E-state index contributed by atoms with van der Waals surface area (Å²) in [6, 6.07) is 12.8. The molecule has 2 aromatic carbocycles. The Morgan fingerprint density at radius 2 is 1.95 bits per heavy atom. The van der Waals surface area contributed by atoms with E-state index >= 15 is 0 Å². The van der Waals surface area contributed by atoms with Crippen LogP contribution < -0.4 is 5.73 Å². The van der Waals surface area contributed by atoms with Gasteiger partial charge in [-0.3, -0.25) is 0 Å². The summed E-state index contributed by atoms with van der Waals surface area (Å²) < 4.78 is 24.7. The van der Waals surface area contributed by atoms with E-state index in [0.717, 1.165) is 0 Å². The van der Waals surface area contributed by atoms with E-state index in [4.69, 9.17) is 22.6 Å². The van der Waals surface area contributed by atoms with E-state index in [1.807, 2.05) is 6.07 Å². The van der Waals surface area contributed by atoms with Gasteiger partial charge in [-0.15, -0.1) is 0 Å². The molecular weight excluding hydrogens is 296 g/mol. The Morgan fingerprint density at radius 1 is 1.20 bits per heavy atom. The maximum Gasteiger partial charge on any atom is 0.184 e. The van der Waals surface area contributed by atoms with E-state index in [9.17, 15) is 8.42 Å². The standard InChI is InChI=1S/C14H11ClN2O2S/c15-13-5-4-12(17)7-14(13)20(18,19)9-11-3-1-2-10(6-11)8-16/h1-7H,9,17H2. The Labute approximate surface area is 122 Å². The van der Waals surface area contributed by atoms with Gasteiger partial charge in [-0.25, -0.2) is 8.42 Å². The van der Waals surface area contributed by atoms with E-state index in [2.05, 4.69) is 0 Å². The molecule has 4 nitrogen and oxygen atoms in total. The zero-order chi connectivity index (χ0) is 14.8. The molecule has 2 N–H and O–H groups in total. The SMILES string of the molecule is N#Cc1cccc(CS(=O)(=O)c2cc(N)ccc2Cl)c1. The molecule has 0 aliphatic heterocycles. The van der Waals surface area contributed by atoms with Crippen LogP contribution in [0.2, 0.25) is 5.02 Å². The number of hydrogen-bond acceptors (Lipinski definition) is 4. The quantitative estimate of drug-likeness (QED) is 0.884. The van der Waals surface area contributed by atoms with Crippen molar-refractivity contribution in [3.63, 3.8) is 0 Å². The highest BCUT2D eigenvalue weighted by Gasteiger charge is 2.19. The summed E-state index contributed by atoms with van der Waals surface area (Å²) in [6.45, 7) is 0. The maximum atomic E-state index is 12.4. The van der Waals surface area contributed by atoms with Crippen LogP contribution in [-0.2, 0) is 15.6 Å². The van der Waals surface area contributed by atoms with Crippen LogP contribution in [0.1, 0.15) is 11.1 Å². The van der Waals surface area contributed by atoms with Crippen molar-refractivity contribution in [3.8, 4) is 6.07 Å². The highest BCUT2D eigenvalue weighted by molar-refractivity contribution is 7.90. The van der Waals surface area contributed by atoms with Crippen LogP contribution in [0.25, 0.3) is 0 Å². The number of sulfone groups is 1. The zero-order valence-corrected chi connectivity index (χ0v) is 11.9. The van der Waals surface area contributed by atoms with Gasteiger partial charge in [0.15, 0.2) is 9.84 Å². The van der Waals surface area contributed by atoms with Gasteiger partial charge in [-0.2, -0.15) is 5.26 Å². The number of rotatable bonds is 3. The minimum absolute atomic E-state index is 0.00141. The first-order valence-electron chi connectivity index (χ1n) is 5.69. The van der Waals surface area contributed by atoms with Gasteiger partial charge in [0.1, 0.15) is 0 Å². The van der Waals surface area contributed by atoms with Gasteiger partial charge < -0.3 is 5.73 Å². The van der Waals surface area contributed by atoms with Crippen LogP contribution in [0.15, 0.2) is 47.4 Å².